The van der Waals surface area contributed by atoms with E-state index in [1.165, 1.54) is 12.8 Å². The van der Waals surface area contributed by atoms with Gasteiger partial charge in [0, 0.05) is 50.6 Å². The monoisotopic (exact) mass is 438 g/mol. The van der Waals surface area contributed by atoms with Gasteiger partial charge in [0.2, 0.25) is 0 Å². The Bertz CT molecular complexity index is 991. The van der Waals surface area contributed by atoms with Gasteiger partial charge in [-0.05, 0) is 31.9 Å². The molecule has 3 aliphatic rings. The van der Waals surface area contributed by atoms with Crippen LogP contribution in [-0.2, 0) is 21.7 Å². The van der Waals surface area contributed by atoms with Crippen molar-refractivity contribution in [2.24, 2.45) is 0 Å². The molecule has 4 heterocycles. The molecule has 9 nitrogen and oxygen atoms in total. The van der Waals surface area contributed by atoms with Crippen molar-refractivity contribution in [2.45, 2.75) is 69.7 Å². The normalized spacial score (nSPS) is 22.5. The molecule has 1 spiro atoms. The Labute approximate surface area is 187 Å². The minimum atomic E-state index is -0.669. The van der Waals surface area contributed by atoms with Crippen LogP contribution in [0.2, 0.25) is 0 Å². The highest BCUT2D eigenvalue weighted by molar-refractivity contribution is 5.94. The molecule has 1 saturated carbocycles. The van der Waals surface area contributed by atoms with E-state index < -0.39 is 11.7 Å². The lowest BCUT2D eigenvalue weighted by atomic mass is 9.88. The number of fused-ring (bicyclic) bond motifs is 2. The summed E-state index contributed by atoms with van der Waals surface area (Å²) in [5, 5.41) is 6.13. The van der Waals surface area contributed by atoms with Crippen molar-refractivity contribution in [2.75, 3.05) is 18.4 Å². The highest BCUT2D eigenvalue weighted by Gasteiger charge is 2.47. The van der Waals surface area contributed by atoms with Crippen LogP contribution >= 0.6 is 0 Å². The molecule has 0 radical (unpaired) electrons. The maximum Gasteiger partial charge on any atom is 0.317 e. The molecule has 3 amide bonds. The fraction of sp³-hybridized carbons (Fsp3) is 0.565. The lowest BCUT2D eigenvalue weighted by Gasteiger charge is -2.45. The molecule has 2 aliphatic heterocycles. The Morgan fingerprint density at radius 2 is 1.94 bits per heavy atom. The Kier molecular flexibility index (Phi) is 5.58. The van der Waals surface area contributed by atoms with Gasteiger partial charge in [-0.3, -0.25) is 9.78 Å². The van der Waals surface area contributed by atoms with Gasteiger partial charge in [-0.2, -0.15) is 0 Å². The van der Waals surface area contributed by atoms with E-state index in [0.717, 1.165) is 24.4 Å². The van der Waals surface area contributed by atoms with Gasteiger partial charge >= 0.3 is 6.03 Å². The molecule has 2 aromatic rings. The SMILES string of the molecule is Cc1ncccc1NC(=O)[C@@H]1Cn2ccnc2C2(CCN(C(=O)NC3CCCC3)CC2)O1. The molecular formula is C23H30N6O3. The first-order valence-corrected chi connectivity index (χ1v) is 11.5. The summed E-state index contributed by atoms with van der Waals surface area (Å²) in [6.45, 7) is 3.41. The summed E-state index contributed by atoms with van der Waals surface area (Å²) in [7, 11) is 0. The first-order valence-electron chi connectivity index (χ1n) is 11.5. The van der Waals surface area contributed by atoms with Gasteiger partial charge in [0.15, 0.2) is 6.10 Å². The quantitative estimate of drug-likeness (QED) is 0.767. The second-order valence-corrected chi connectivity index (χ2v) is 9.05. The number of rotatable bonds is 3. The third kappa shape index (κ3) is 3.97. The van der Waals surface area contributed by atoms with E-state index in [2.05, 4.69) is 20.6 Å². The smallest absolute Gasteiger partial charge is 0.317 e. The van der Waals surface area contributed by atoms with Crippen molar-refractivity contribution >= 4 is 17.6 Å². The van der Waals surface area contributed by atoms with E-state index in [0.29, 0.717) is 44.2 Å². The van der Waals surface area contributed by atoms with Crippen LogP contribution in [0.15, 0.2) is 30.7 Å². The van der Waals surface area contributed by atoms with Crippen molar-refractivity contribution in [3.63, 3.8) is 0 Å². The van der Waals surface area contributed by atoms with Crippen LogP contribution in [0.25, 0.3) is 0 Å². The van der Waals surface area contributed by atoms with Crippen LogP contribution in [0.5, 0.6) is 0 Å². The number of carbonyl (C=O) groups is 2. The third-order valence-corrected chi connectivity index (χ3v) is 6.95. The van der Waals surface area contributed by atoms with Crippen molar-refractivity contribution in [3.8, 4) is 0 Å². The Balaban J connectivity index is 1.28. The van der Waals surface area contributed by atoms with Gasteiger partial charge in [-0.1, -0.05) is 12.8 Å². The molecule has 1 atom stereocenters. The van der Waals surface area contributed by atoms with Crippen LogP contribution in [0.1, 0.15) is 50.0 Å². The van der Waals surface area contributed by atoms with E-state index in [-0.39, 0.29) is 11.9 Å². The largest absolute Gasteiger partial charge is 0.352 e. The number of hydrogen-bond donors (Lipinski definition) is 2. The number of urea groups is 1. The van der Waals surface area contributed by atoms with Gasteiger partial charge in [-0.25, -0.2) is 9.78 Å². The Hall–Kier alpha value is -2.94. The molecule has 170 valence electrons. The van der Waals surface area contributed by atoms with E-state index >= 15 is 0 Å². The first-order chi connectivity index (χ1) is 15.5. The van der Waals surface area contributed by atoms with E-state index in [9.17, 15) is 9.59 Å². The summed E-state index contributed by atoms with van der Waals surface area (Å²) in [6, 6.07) is 3.94. The number of pyridine rings is 1. The number of amides is 3. The third-order valence-electron chi connectivity index (χ3n) is 6.95. The zero-order valence-corrected chi connectivity index (χ0v) is 18.4. The predicted octanol–water partition coefficient (Wildman–Crippen LogP) is 2.57. The molecule has 2 aromatic heterocycles. The molecule has 0 bridgehead atoms. The standard InChI is InChI=1S/C23H30N6O3/c1-16-18(7-4-10-24-16)27-20(30)19-15-29-14-11-25-21(29)23(32-19)8-12-28(13-9-23)22(31)26-17-5-2-3-6-17/h4,7,10-11,14,17,19H,2-3,5-6,8-9,12-13,15H2,1H3,(H,26,31)(H,27,30)/t19-/m0/s1. The number of imidazole rings is 1. The number of anilines is 1. The number of aryl methyl sites for hydroxylation is 1. The Morgan fingerprint density at radius 3 is 2.69 bits per heavy atom. The van der Waals surface area contributed by atoms with Gasteiger partial charge < -0.3 is 24.8 Å². The summed E-state index contributed by atoms with van der Waals surface area (Å²) in [6.07, 6.45) is 10.4. The number of carbonyl (C=O) groups excluding carboxylic acids is 2. The zero-order chi connectivity index (χ0) is 22.1. The molecule has 32 heavy (non-hydrogen) atoms. The van der Waals surface area contributed by atoms with Crippen LogP contribution in [0.4, 0.5) is 10.5 Å². The van der Waals surface area contributed by atoms with Crippen molar-refractivity contribution in [1.29, 1.82) is 0 Å². The molecule has 0 aromatic carbocycles. The molecule has 9 heteroatoms. The lowest BCUT2D eigenvalue weighted by Crippen LogP contribution is -2.55. The highest BCUT2D eigenvalue weighted by atomic mass is 16.5. The minimum Gasteiger partial charge on any atom is -0.352 e. The van der Waals surface area contributed by atoms with Crippen LogP contribution in [0, 0.1) is 6.92 Å². The van der Waals surface area contributed by atoms with Crippen molar-refractivity contribution in [3.05, 3.63) is 42.2 Å². The first kappa shape index (κ1) is 20.9. The molecule has 2 fully saturated rings. The molecule has 0 unspecified atom stereocenters. The molecule has 1 aliphatic carbocycles. The van der Waals surface area contributed by atoms with Crippen molar-refractivity contribution in [1.82, 2.24) is 24.8 Å². The number of aromatic nitrogens is 3. The Morgan fingerprint density at radius 1 is 1.16 bits per heavy atom. The maximum atomic E-state index is 13.1. The molecular weight excluding hydrogens is 408 g/mol. The average molecular weight is 439 g/mol. The summed E-state index contributed by atoms with van der Waals surface area (Å²) in [4.78, 5) is 36.4. The predicted molar refractivity (Wildman–Crippen MR) is 118 cm³/mol. The summed E-state index contributed by atoms with van der Waals surface area (Å²) < 4.78 is 8.47. The second-order valence-electron chi connectivity index (χ2n) is 9.05. The number of hydrogen-bond acceptors (Lipinski definition) is 5. The summed E-state index contributed by atoms with van der Waals surface area (Å²) >= 11 is 0. The summed E-state index contributed by atoms with van der Waals surface area (Å²) in [5.74, 6) is 0.649. The zero-order valence-electron chi connectivity index (χ0n) is 18.4. The second kappa shape index (κ2) is 8.54. The lowest BCUT2D eigenvalue weighted by molar-refractivity contribution is -0.167. The number of nitrogens with zero attached hydrogens (tertiary/aromatic N) is 4. The minimum absolute atomic E-state index is 0.00671. The van der Waals surface area contributed by atoms with E-state index in [4.69, 9.17) is 4.74 Å². The van der Waals surface area contributed by atoms with E-state index in [1.807, 2.05) is 28.7 Å². The average Bonchev–Trinajstić information content (AvgIpc) is 3.48. The van der Waals surface area contributed by atoms with Gasteiger partial charge in [0.25, 0.3) is 5.91 Å². The maximum absolute atomic E-state index is 13.1. The van der Waals surface area contributed by atoms with Gasteiger partial charge in [-0.15, -0.1) is 0 Å². The van der Waals surface area contributed by atoms with Crippen LogP contribution in [-0.4, -0.2) is 56.6 Å². The van der Waals surface area contributed by atoms with Gasteiger partial charge in [0.05, 0.1) is 17.9 Å². The number of piperidine rings is 1. The van der Waals surface area contributed by atoms with Crippen molar-refractivity contribution < 1.29 is 14.3 Å². The highest BCUT2D eigenvalue weighted by Crippen LogP contribution is 2.40. The number of ether oxygens (including phenoxy) is 1. The molecule has 5 rings (SSSR count). The fourth-order valence-corrected chi connectivity index (χ4v) is 5.11. The number of nitrogens with one attached hydrogen (secondary N) is 2. The van der Waals surface area contributed by atoms with Gasteiger partial charge in [0.1, 0.15) is 11.4 Å². The summed E-state index contributed by atoms with van der Waals surface area (Å²) in [5.41, 5.74) is 0.777. The molecule has 1 saturated heterocycles. The molecule has 2 N–H and O–H groups in total. The van der Waals surface area contributed by atoms with Crippen LogP contribution < -0.4 is 10.6 Å². The topological polar surface area (TPSA) is 101 Å². The fourth-order valence-electron chi connectivity index (χ4n) is 5.11. The van der Waals surface area contributed by atoms with Crippen LogP contribution in [0.3, 0.4) is 0 Å². The van der Waals surface area contributed by atoms with E-state index in [1.54, 1.807) is 18.5 Å². The number of likely N-dealkylation sites (tertiary alicyclic amines) is 1.